The van der Waals surface area contributed by atoms with E-state index in [1.54, 1.807) is 24.3 Å². The fourth-order valence-electron chi connectivity index (χ4n) is 2.95. The monoisotopic (exact) mass is 370 g/mol. The van der Waals surface area contributed by atoms with E-state index in [4.69, 9.17) is 11.6 Å². The highest BCUT2D eigenvalue weighted by Gasteiger charge is 2.51. The van der Waals surface area contributed by atoms with E-state index in [2.05, 4.69) is 24.5 Å². The van der Waals surface area contributed by atoms with Crippen molar-refractivity contribution in [3.8, 4) is 0 Å². The standard InChI is InChI=1S/C21H23ClN2O2/c1-14(2)13-23-20(26)21(11-12-21)15-7-9-16(10-8-15)24-19(25)17-5-3-4-6-18(17)22/h3-10,14H,11-13H2,1-2H3,(H,23,26)(H,24,25). The van der Waals surface area contributed by atoms with Gasteiger partial charge in [0, 0.05) is 12.2 Å². The molecule has 1 aliphatic carbocycles. The van der Waals surface area contributed by atoms with Crippen molar-refractivity contribution in [3.63, 3.8) is 0 Å². The lowest BCUT2D eigenvalue weighted by Crippen LogP contribution is -2.36. The SMILES string of the molecule is CC(C)CNC(=O)C1(c2ccc(NC(=O)c3ccccc3Cl)cc2)CC1. The molecule has 2 N–H and O–H groups in total. The molecule has 26 heavy (non-hydrogen) atoms. The Morgan fingerprint density at radius 1 is 1.08 bits per heavy atom. The number of hydrogen-bond donors (Lipinski definition) is 2. The Kier molecular flexibility index (Phi) is 5.33. The van der Waals surface area contributed by atoms with E-state index >= 15 is 0 Å². The molecular weight excluding hydrogens is 348 g/mol. The van der Waals surface area contributed by atoms with E-state index in [9.17, 15) is 9.59 Å². The van der Waals surface area contributed by atoms with Crippen molar-refractivity contribution in [2.75, 3.05) is 11.9 Å². The minimum absolute atomic E-state index is 0.0963. The number of benzene rings is 2. The summed E-state index contributed by atoms with van der Waals surface area (Å²) in [7, 11) is 0. The van der Waals surface area contributed by atoms with Gasteiger partial charge < -0.3 is 10.6 Å². The number of carbonyl (C=O) groups excluding carboxylic acids is 2. The Morgan fingerprint density at radius 2 is 1.73 bits per heavy atom. The average Bonchev–Trinajstić information content (AvgIpc) is 3.42. The van der Waals surface area contributed by atoms with Crippen LogP contribution in [0.25, 0.3) is 0 Å². The molecule has 0 radical (unpaired) electrons. The maximum Gasteiger partial charge on any atom is 0.257 e. The van der Waals surface area contributed by atoms with Gasteiger partial charge in [0.2, 0.25) is 5.91 Å². The van der Waals surface area contributed by atoms with Crippen molar-refractivity contribution in [3.05, 3.63) is 64.7 Å². The summed E-state index contributed by atoms with van der Waals surface area (Å²) in [5, 5.41) is 6.30. The molecular formula is C21H23ClN2O2. The van der Waals surface area contributed by atoms with E-state index in [0.717, 1.165) is 18.4 Å². The van der Waals surface area contributed by atoms with Gasteiger partial charge >= 0.3 is 0 Å². The highest BCUT2D eigenvalue weighted by molar-refractivity contribution is 6.34. The Labute approximate surface area is 158 Å². The molecule has 0 atom stereocenters. The van der Waals surface area contributed by atoms with Crippen molar-refractivity contribution < 1.29 is 9.59 Å². The van der Waals surface area contributed by atoms with Gasteiger partial charge in [0.05, 0.1) is 16.0 Å². The fourth-order valence-corrected chi connectivity index (χ4v) is 3.18. The van der Waals surface area contributed by atoms with Crippen LogP contribution in [0.1, 0.15) is 42.6 Å². The van der Waals surface area contributed by atoms with Gasteiger partial charge in [0.1, 0.15) is 0 Å². The second kappa shape index (κ2) is 7.50. The molecule has 5 heteroatoms. The van der Waals surface area contributed by atoms with Crippen LogP contribution in [0.2, 0.25) is 5.02 Å². The van der Waals surface area contributed by atoms with Gasteiger partial charge in [-0.15, -0.1) is 0 Å². The predicted molar refractivity (Wildman–Crippen MR) is 105 cm³/mol. The van der Waals surface area contributed by atoms with Crippen LogP contribution < -0.4 is 10.6 Å². The zero-order chi connectivity index (χ0) is 18.7. The first-order chi connectivity index (χ1) is 12.4. The molecule has 1 saturated carbocycles. The smallest absolute Gasteiger partial charge is 0.257 e. The lowest BCUT2D eigenvalue weighted by molar-refractivity contribution is -0.123. The third kappa shape index (κ3) is 3.91. The van der Waals surface area contributed by atoms with Gasteiger partial charge in [-0.1, -0.05) is 49.7 Å². The van der Waals surface area contributed by atoms with Crippen molar-refractivity contribution >= 4 is 29.1 Å². The Bertz CT molecular complexity index is 811. The Morgan fingerprint density at radius 3 is 2.31 bits per heavy atom. The molecule has 0 bridgehead atoms. The van der Waals surface area contributed by atoms with E-state index in [1.165, 1.54) is 0 Å². The summed E-state index contributed by atoms with van der Waals surface area (Å²) in [4.78, 5) is 24.8. The lowest BCUT2D eigenvalue weighted by Gasteiger charge is -2.17. The minimum Gasteiger partial charge on any atom is -0.355 e. The van der Waals surface area contributed by atoms with Crippen molar-refractivity contribution in [1.82, 2.24) is 5.32 Å². The van der Waals surface area contributed by atoms with Crippen LogP contribution in [0, 0.1) is 5.92 Å². The van der Waals surface area contributed by atoms with Gasteiger partial charge in [-0.3, -0.25) is 9.59 Å². The summed E-state index contributed by atoms with van der Waals surface area (Å²) in [5.74, 6) is 0.273. The summed E-state index contributed by atoms with van der Waals surface area (Å²) in [5.41, 5.74) is 1.71. The molecule has 0 aliphatic heterocycles. The molecule has 2 aromatic carbocycles. The van der Waals surface area contributed by atoms with Crippen LogP contribution in [0.3, 0.4) is 0 Å². The van der Waals surface area contributed by atoms with Gasteiger partial charge in [0.25, 0.3) is 5.91 Å². The number of nitrogens with one attached hydrogen (secondary N) is 2. The van der Waals surface area contributed by atoms with Gasteiger partial charge in [-0.05, 0) is 48.6 Å². The molecule has 1 fully saturated rings. The molecule has 1 aliphatic rings. The highest BCUT2D eigenvalue weighted by Crippen LogP contribution is 2.48. The molecule has 0 unspecified atom stereocenters. The number of amides is 2. The number of hydrogen-bond acceptors (Lipinski definition) is 2. The van der Waals surface area contributed by atoms with Gasteiger partial charge in [-0.25, -0.2) is 0 Å². The average molecular weight is 371 g/mol. The molecule has 2 amide bonds. The predicted octanol–water partition coefficient (Wildman–Crippen LogP) is 4.40. The first kappa shape index (κ1) is 18.5. The van der Waals surface area contributed by atoms with Crippen LogP contribution in [0.5, 0.6) is 0 Å². The Balaban J connectivity index is 1.68. The van der Waals surface area contributed by atoms with E-state index < -0.39 is 5.41 Å². The maximum atomic E-state index is 12.5. The van der Waals surface area contributed by atoms with E-state index in [0.29, 0.717) is 28.7 Å². The second-order valence-corrected chi connectivity index (χ2v) is 7.60. The molecule has 0 heterocycles. The second-order valence-electron chi connectivity index (χ2n) is 7.20. The summed E-state index contributed by atoms with van der Waals surface area (Å²) in [6.07, 6.45) is 1.73. The first-order valence-electron chi connectivity index (χ1n) is 8.87. The highest BCUT2D eigenvalue weighted by atomic mass is 35.5. The zero-order valence-electron chi connectivity index (χ0n) is 15.0. The van der Waals surface area contributed by atoms with Crippen molar-refractivity contribution in [2.45, 2.75) is 32.1 Å². The van der Waals surface area contributed by atoms with Gasteiger partial charge in [0.15, 0.2) is 0 Å². The number of rotatable bonds is 6. The summed E-state index contributed by atoms with van der Waals surface area (Å²) in [6, 6.07) is 14.4. The fraction of sp³-hybridized carbons (Fsp3) is 0.333. The normalized spacial score (nSPS) is 14.8. The van der Waals surface area contributed by atoms with Gasteiger partial charge in [-0.2, -0.15) is 0 Å². The summed E-state index contributed by atoms with van der Waals surface area (Å²) in [6.45, 7) is 4.85. The van der Waals surface area contributed by atoms with Crippen LogP contribution in [0.4, 0.5) is 5.69 Å². The molecule has 0 saturated heterocycles. The zero-order valence-corrected chi connectivity index (χ0v) is 15.8. The molecule has 2 aromatic rings. The molecule has 4 nitrogen and oxygen atoms in total. The minimum atomic E-state index is -0.403. The van der Waals surface area contributed by atoms with Crippen molar-refractivity contribution in [1.29, 1.82) is 0 Å². The van der Waals surface area contributed by atoms with Crippen LogP contribution in [0.15, 0.2) is 48.5 Å². The Hall–Kier alpha value is -2.33. The largest absolute Gasteiger partial charge is 0.355 e. The number of halogens is 1. The third-order valence-electron chi connectivity index (χ3n) is 4.67. The molecule has 0 spiro atoms. The third-order valence-corrected chi connectivity index (χ3v) is 5.00. The maximum absolute atomic E-state index is 12.5. The summed E-state index contributed by atoms with van der Waals surface area (Å²) >= 11 is 6.06. The van der Waals surface area contributed by atoms with E-state index in [-0.39, 0.29) is 11.8 Å². The summed E-state index contributed by atoms with van der Waals surface area (Å²) < 4.78 is 0. The molecule has 3 rings (SSSR count). The number of anilines is 1. The van der Waals surface area contributed by atoms with Crippen LogP contribution in [-0.2, 0) is 10.2 Å². The van der Waals surface area contributed by atoms with Crippen LogP contribution in [-0.4, -0.2) is 18.4 Å². The first-order valence-corrected chi connectivity index (χ1v) is 9.25. The molecule has 136 valence electrons. The van der Waals surface area contributed by atoms with Crippen molar-refractivity contribution in [2.24, 2.45) is 5.92 Å². The topological polar surface area (TPSA) is 58.2 Å². The van der Waals surface area contributed by atoms with Crippen LogP contribution >= 0.6 is 11.6 Å². The lowest BCUT2D eigenvalue weighted by atomic mass is 9.94. The number of carbonyl (C=O) groups is 2. The van der Waals surface area contributed by atoms with E-state index in [1.807, 2.05) is 24.3 Å². The quantitative estimate of drug-likeness (QED) is 0.791. The molecule has 0 aromatic heterocycles.